The molecule has 0 bridgehead atoms. The number of halogens is 3. The number of hydrogen-bond acceptors (Lipinski definition) is 6. The summed E-state index contributed by atoms with van der Waals surface area (Å²) in [5.74, 6) is 0.476. The van der Waals surface area contributed by atoms with Crippen molar-refractivity contribution in [2.45, 2.75) is 45.9 Å². The van der Waals surface area contributed by atoms with E-state index in [2.05, 4.69) is 23.4 Å². The maximum Gasteiger partial charge on any atom is 0.410 e. The Morgan fingerprint density at radius 1 is 1.19 bits per heavy atom. The molecule has 0 spiro atoms. The van der Waals surface area contributed by atoms with Crippen LogP contribution < -0.4 is 0 Å². The monoisotopic (exact) mass is 451 g/mol. The number of alkyl halides is 3. The first-order chi connectivity index (χ1) is 14.8. The lowest BCUT2D eigenvalue weighted by atomic mass is 9.95. The SMILES string of the molecule is C=NN1C(=C)c2c(ccc(CC(F)(F)F)c2C)N=C1N1CCN(C(=O)OC(C)(C)C)CC1. The number of piperazine rings is 1. The van der Waals surface area contributed by atoms with Gasteiger partial charge in [-0.2, -0.15) is 18.3 Å². The number of carbonyl (C=O) groups is 1. The molecule has 1 aromatic carbocycles. The molecule has 2 heterocycles. The van der Waals surface area contributed by atoms with Crippen molar-refractivity contribution in [1.82, 2.24) is 14.8 Å². The van der Waals surface area contributed by atoms with Crippen LogP contribution in [-0.4, -0.2) is 71.5 Å². The van der Waals surface area contributed by atoms with Crippen molar-refractivity contribution in [1.29, 1.82) is 0 Å². The Labute approximate surface area is 185 Å². The standard InChI is InChI=1S/C22H28F3N5O2/c1-14-16(13-22(23,24)25)7-8-17-18(14)15(2)30(26-6)19(27-17)28-9-11-29(12-10-28)20(31)32-21(3,4)5/h7-8H,2,6,9-13H2,1,3-5H3. The van der Waals surface area contributed by atoms with E-state index >= 15 is 0 Å². The molecule has 1 saturated heterocycles. The van der Waals surface area contributed by atoms with E-state index in [-0.39, 0.29) is 11.7 Å². The number of nitrogens with zero attached hydrogens (tertiary/aromatic N) is 5. The summed E-state index contributed by atoms with van der Waals surface area (Å²) in [6.07, 6.45) is -5.71. The van der Waals surface area contributed by atoms with Crippen LogP contribution in [0.5, 0.6) is 0 Å². The van der Waals surface area contributed by atoms with Crippen LogP contribution in [0.2, 0.25) is 0 Å². The fraction of sp³-hybridized carbons (Fsp3) is 0.500. The van der Waals surface area contributed by atoms with E-state index in [0.717, 1.165) is 0 Å². The van der Waals surface area contributed by atoms with Gasteiger partial charge in [0.05, 0.1) is 17.8 Å². The van der Waals surface area contributed by atoms with Gasteiger partial charge in [0.15, 0.2) is 0 Å². The summed E-state index contributed by atoms with van der Waals surface area (Å²) in [5, 5.41) is 5.46. The summed E-state index contributed by atoms with van der Waals surface area (Å²) in [6, 6.07) is 3.03. The highest BCUT2D eigenvalue weighted by atomic mass is 19.4. The Balaban J connectivity index is 1.84. The lowest BCUT2D eigenvalue weighted by Gasteiger charge is -2.40. The minimum atomic E-state index is -4.31. The second-order valence-corrected chi connectivity index (χ2v) is 8.80. The fourth-order valence-electron chi connectivity index (χ4n) is 3.76. The number of amides is 1. The lowest BCUT2D eigenvalue weighted by Crippen LogP contribution is -2.54. The molecule has 32 heavy (non-hydrogen) atoms. The highest BCUT2D eigenvalue weighted by Gasteiger charge is 2.34. The molecule has 1 amide bonds. The Morgan fingerprint density at radius 3 is 2.34 bits per heavy atom. The van der Waals surface area contributed by atoms with Gasteiger partial charge in [-0.3, -0.25) is 0 Å². The molecule has 2 aliphatic heterocycles. The molecule has 0 saturated carbocycles. The van der Waals surface area contributed by atoms with E-state index in [0.29, 0.717) is 54.6 Å². The summed E-state index contributed by atoms with van der Waals surface area (Å²) in [6.45, 7) is 16.6. The molecule has 0 atom stereocenters. The molecule has 174 valence electrons. The zero-order valence-electron chi connectivity index (χ0n) is 18.8. The number of hydrogen-bond donors (Lipinski definition) is 0. The average Bonchev–Trinajstić information content (AvgIpc) is 2.67. The van der Waals surface area contributed by atoms with Crippen LogP contribution in [0.1, 0.15) is 37.5 Å². The first-order valence-corrected chi connectivity index (χ1v) is 10.3. The van der Waals surface area contributed by atoms with E-state index in [9.17, 15) is 18.0 Å². The van der Waals surface area contributed by atoms with Crippen LogP contribution in [0, 0.1) is 6.92 Å². The second-order valence-electron chi connectivity index (χ2n) is 8.80. The van der Waals surface area contributed by atoms with Crippen molar-refractivity contribution in [2.75, 3.05) is 26.2 Å². The molecule has 2 aliphatic rings. The van der Waals surface area contributed by atoms with E-state index in [1.54, 1.807) is 17.9 Å². The van der Waals surface area contributed by atoms with Crippen LogP contribution in [0.25, 0.3) is 5.70 Å². The van der Waals surface area contributed by atoms with Crippen LogP contribution >= 0.6 is 0 Å². The van der Waals surface area contributed by atoms with Gasteiger partial charge in [-0.25, -0.2) is 14.8 Å². The van der Waals surface area contributed by atoms with E-state index < -0.39 is 18.2 Å². The molecule has 0 radical (unpaired) electrons. The third-order valence-corrected chi connectivity index (χ3v) is 5.26. The van der Waals surface area contributed by atoms with Crippen molar-refractivity contribution in [2.24, 2.45) is 10.1 Å². The van der Waals surface area contributed by atoms with Gasteiger partial charge < -0.3 is 14.5 Å². The van der Waals surface area contributed by atoms with E-state index in [1.807, 2.05) is 25.7 Å². The topological polar surface area (TPSA) is 60.7 Å². The molecule has 10 heteroatoms. The van der Waals surface area contributed by atoms with Gasteiger partial charge >= 0.3 is 12.3 Å². The van der Waals surface area contributed by atoms with Gasteiger partial charge in [0.25, 0.3) is 0 Å². The number of benzene rings is 1. The van der Waals surface area contributed by atoms with Gasteiger partial charge in [0.1, 0.15) is 5.60 Å². The van der Waals surface area contributed by atoms with Gasteiger partial charge in [0.2, 0.25) is 5.96 Å². The summed E-state index contributed by atoms with van der Waals surface area (Å²) in [4.78, 5) is 20.6. The Kier molecular flexibility index (Phi) is 6.26. The van der Waals surface area contributed by atoms with Crippen LogP contribution in [0.4, 0.5) is 23.7 Å². The van der Waals surface area contributed by atoms with Gasteiger partial charge in [0, 0.05) is 38.5 Å². The third-order valence-electron chi connectivity index (χ3n) is 5.26. The van der Waals surface area contributed by atoms with Gasteiger partial charge in [-0.05, 0) is 44.9 Å². The predicted molar refractivity (Wildman–Crippen MR) is 118 cm³/mol. The normalized spacial score (nSPS) is 17.2. The average molecular weight is 451 g/mol. The predicted octanol–water partition coefficient (Wildman–Crippen LogP) is 4.54. The Hall–Kier alpha value is -3.04. The summed E-state index contributed by atoms with van der Waals surface area (Å²) < 4.78 is 44.3. The van der Waals surface area contributed by atoms with Gasteiger partial charge in [-0.15, -0.1) is 0 Å². The maximum absolute atomic E-state index is 12.9. The first-order valence-electron chi connectivity index (χ1n) is 10.3. The molecule has 1 fully saturated rings. The number of carbonyl (C=O) groups excluding carboxylic acids is 1. The summed E-state index contributed by atoms with van der Waals surface area (Å²) in [7, 11) is 0. The molecule has 0 N–H and O–H groups in total. The molecule has 0 unspecified atom stereocenters. The maximum atomic E-state index is 12.9. The second kappa shape index (κ2) is 8.48. The fourth-order valence-corrected chi connectivity index (χ4v) is 3.76. The minimum absolute atomic E-state index is 0.172. The van der Waals surface area contributed by atoms with Crippen molar-refractivity contribution >= 4 is 30.2 Å². The molecule has 7 nitrogen and oxygen atoms in total. The van der Waals surface area contributed by atoms with Crippen LogP contribution in [-0.2, 0) is 11.2 Å². The highest BCUT2D eigenvalue weighted by molar-refractivity contribution is 5.97. The van der Waals surface area contributed by atoms with Crippen molar-refractivity contribution < 1.29 is 22.7 Å². The largest absolute Gasteiger partial charge is 0.444 e. The third kappa shape index (κ3) is 5.05. The van der Waals surface area contributed by atoms with E-state index in [1.165, 1.54) is 11.1 Å². The van der Waals surface area contributed by atoms with Gasteiger partial charge in [-0.1, -0.05) is 12.6 Å². The Bertz CT molecular complexity index is 958. The van der Waals surface area contributed by atoms with Crippen molar-refractivity contribution in [3.63, 3.8) is 0 Å². The lowest BCUT2D eigenvalue weighted by molar-refractivity contribution is -0.127. The highest BCUT2D eigenvalue weighted by Crippen LogP contribution is 2.39. The number of rotatable bonds is 2. The number of guanidine groups is 1. The van der Waals surface area contributed by atoms with E-state index in [4.69, 9.17) is 4.74 Å². The molecular weight excluding hydrogens is 423 g/mol. The summed E-state index contributed by atoms with van der Waals surface area (Å²) >= 11 is 0. The quantitative estimate of drug-likeness (QED) is 0.620. The number of hydrazone groups is 1. The number of fused-ring (bicyclic) bond motifs is 1. The zero-order valence-corrected chi connectivity index (χ0v) is 18.8. The molecule has 0 aliphatic carbocycles. The van der Waals surface area contributed by atoms with Crippen molar-refractivity contribution in [3.8, 4) is 0 Å². The van der Waals surface area contributed by atoms with Crippen LogP contribution in [0.15, 0.2) is 28.8 Å². The molecule has 1 aromatic rings. The van der Waals surface area contributed by atoms with Crippen LogP contribution in [0.3, 0.4) is 0 Å². The zero-order chi connectivity index (χ0) is 23.8. The number of aliphatic imine (C=N–C) groups is 1. The molecule has 0 aromatic heterocycles. The number of ether oxygens (including phenoxy) is 1. The minimum Gasteiger partial charge on any atom is -0.444 e. The summed E-state index contributed by atoms with van der Waals surface area (Å²) in [5.41, 5.74) is 1.53. The molecular formula is C22H28F3N5O2. The van der Waals surface area contributed by atoms with Crippen molar-refractivity contribution in [3.05, 3.63) is 35.4 Å². The molecule has 3 rings (SSSR count). The smallest absolute Gasteiger partial charge is 0.410 e. The Morgan fingerprint density at radius 2 is 1.81 bits per heavy atom. The first kappa shape index (κ1) is 23.6.